The molecule has 31 heavy (non-hydrogen) atoms. The van der Waals surface area contributed by atoms with Crippen LogP contribution in [0.2, 0.25) is 0 Å². The molecule has 2 aliphatic rings. The van der Waals surface area contributed by atoms with Gasteiger partial charge in [0.15, 0.2) is 5.96 Å². The number of rotatable bonds is 8. The third-order valence-electron chi connectivity index (χ3n) is 6.04. The first kappa shape index (κ1) is 24.7. The zero-order chi connectivity index (χ0) is 23.0. The van der Waals surface area contributed by atoms with Crippen LogP contribution in [-0.2, 0) is 14.3 Å². The van der Waals surface area contributed by atoms with Gasteiger partial charge in [0.1, 0.15) is 6.04 Å². The molecule has 0 aromatic rings. The molecule has 0 spiro atoms. The Kier molecular flexibility index (Phi) is 9.39. The molecule has 0 saturated heterocycles. The molecule has 2 amide bonds. The number of carboxylic acids is 1. The summed E-state index contributed by atoms with van der Waals surface area (Å²) in [5.41, 5.74) is 10.9. The van der Waals surface area contributed by atoms with Crippen LogP contribution >= 0.6 is 0 Å². The number of aliphatic imine (C=N–C) groups is 1. The van der Waals surface area contributed by atoms with E-state index in [2.05, 4.69) is 15.6 Å². The van der Waals surface area contributed by atoms with Gasteiger partial charge in [0, 0.05) is 12.0 Å². The van der Waals surface area contributed by atoms with Gasteiger partial charge in [0.25, 0.3) is 0 Å². The Hall–Kier alpha value is -2.52. The minimum atomic E-state index is -1.07. The number of nitrogens with zero attached hydrogens (tertiary/aromatic N) is 1. The van der Waals surface area contributed by atoms with Gasteiger partial charge in [-0.3, -0.25) is 9.79 Å². The number of alkyl carbamates (subject to hydrolysis) is 1. The number of hydrogen-bond donors (Lipinski definition) is 5. The van der Waals surface area contributed by atoms with Gasteiger partial charge in [0.2, 0.25) is 5.91 Å². The fourth-order valence-electron chi connectivity index (χ4n) is 4.54. The topological polar surface area (TPSA) is 169 Å². The highest BCUT2D eigenvalue weighted by Crippen LogP contribution is 2.30. The molecule has 0 heterocycles. The number of guanidine groups is 1. The van der Waals surface area contributed by atoms with E-state index in [4.69, 9.17) is 16.2 Å². The minimum absolute atomic E-state index is 0.00748. The fourth-order valence-corrected chi connectivity index (χ4v) is 4.54. The van der Waals surface area contributed by atoms with E-state index < -0.39 is 18.1 Å². The van der Waals surface area contributed by atoms with Gasteiger partial charge >= 0.3 is 12.1 Å². The van der Waals surface area contributed by atoms with E-state index in [9.17, 15) is 19.5 Å². The molecule has 7 N–H and O–H groups in total. The molecule has 0 aromatic carbocycles. The van der Waals surface area contributed by atoms with E-state index in [0.29, 0.717) is 12.8 Å². The average Bonchev–Trinajstić information content (AvgIpc) is 2.68. The Morgan fingerprint density at radius 1 is 1.10 bits per heavy atom. The van der Waals surface area contributed by atoms with E-state index in [-0.39, 0.29) is 41.9 Å². The molecule has 0 bridgehead atoms. The Balaban J connectivity index is 1.77. The molecule has 3 atom stereocenters. The predicted molar refractivity (Wildman–Crippen MR) is 116 cm³/mol. The lowest BCUT2D eigenvalue weighted by Crippen LogP contribution is -2.45. The van der Waals surface area contributed by atoms with E-state index in [1.165, 1.54) is 0 Å². The maximum atomic E-state index is 12.7. The van der Waals surface area contributed by atoms with Crippen molar-refractivity contribution < 1.29 is 24.2 Å². The third kappa shape index (κ3) is 8.63. The van der Waals surface area contributed by atoms with Crippen LogP contribution in [0.25, 0.3) is 0 Å². The molecule has 2 aliphatic carbocycles. The van der Waals surface area contributed by atoms with E-state index in [1.807, 2.05) is 0 Å². The molecule has 2 rings (SSSR count). The van der Waals surface area contributed by atoms with Crippen molar-refractivity contribution in [3.8, 4) is 0 Å². The van der Waals surface area contributed by atoms with Gasteiger partial charge in [-0.15, -0.1) is 0 Å². The Labute approximate surface area is 183 Å². The largest absolute Gasteiger partial charge is 0.480 e. The summed E-state index contributed by atoms with van der Waals surface area (Å²) in [5.74, 6) is -0.845. The number of ether oxygens (including phenoxy) is 1. The SMILES string of the molecule is CC(C)OC(=O)NC(CC1CCC(NC(=O)C2CCCC(N=C(N)N)C2)CC1)C(=O)O. The van der Waals surface area contributed by atoms with Crippen molar-refractivity contribution in [2.75, 3.05) is 0 Å². The molecule has 10 heteroatoms. The number of aliphatic carboxylic acids is 1. The monoisotopic (exact) mass is 439 g/mol. The van der Waals surface area contributed by atoms with Crippen molar-refractivity contribution in [2.45, 2.75) is 95.9 Å². The molecule has 0 aromatic heterocycles. The molecule has 0 aliphatic heterocycles. The Morgan fingerprint density at radius 2 is 1.77 bits per heavy atom. The number of carbonyl (C=O) groups excluding carboxylic acids is 2. The predicted octanol–water partition coefficient (Wildman–Crippen LogP) is 1.47. The first-order valence-electron chi connectivity index (χ1n) is 11.2. The van der Waals surface area contributed by atoms with Crippen LogP contribution in [0.1, 0.15) is 71.6 Å². The highest BCUT2D eigenvalue weighted by molar-refractivity contribution is 5.80. The Morgan fingerprint density at radius 3 is 2.35 bits per heavy atom. The number of amides is 2. The minimum Gasteiger partial charge on any atom is -0.480 e. The summed E-state index contributed by atoms with van der Waals surface area (Å²) in [4.78, 5) is 40.2. The highest BCUT2D eigenvalue weighted by Gasteiger charge is 2.31. The van der Waals surface area contributed by atoms with Gasteiger partial charge in [-0.2, -0.15) is 0 Å². The van der Waals surface area contributed by atoms with E-state index in [1.54, 1.807) is 13.8 Å². The lowest BCUT2D eigenvalue weighted by molar-refractivity contribution is -0.140. The summed E-state index contributed by atoms with van der Waals surface area (Å²) in [6, 6.07) is -0.875. The summed E-state index contributed by atoms with van der Waals surface area (Å²) in [6.07, 6.45) is 5.85. The summed E-state index contributed by atoms with van der Waals surface area (Å²) >= 11 is 0. The van der Waals surface area contributed by atoms with Crippen LogP contribution in [0.5, 0.6) is 0 Å². The third-order valence-corrected chi connectivity index (χ3v) is 6.04. The average molecular weight is 440 g/mol. The summed E-state index contributed by atoms with van der Waals surface area (Å²) in [5, 5.41) is 15.0. The van der Waals surface area contributed by atoms with Crippen molar-refractivity contribution in [2.24, 2.45) is 28.3 Å². The number of carboxylic acid groups (broad SMARTS) is 1. The smallest absolute Gasteiger partial charge is 0.408 e. The van der Waals surface area contributed by atoms with Crippen LogP contribution in [0.4, 0.5) is 4.79 Å². The van der Waals surface area contributed by atoms with Crippen LogP contribution in [-0.4, -0.2) is 53.3 Å². The van der Waals surface area contributed by atoms with Crippen LogP contribution in [0, 0.1) is 11.8 Å². The second-order valence-corrected chi connectivity index (χ2v) is 9.02. The number of nitrogens with two attached hydrogens (primary N) is 2. The Bertz CT molecular complexity index is 657. The van der Waals surface area contributed by atoms with E-state index in [0.717, 1.165) is 44.9 Å². The van der Waals surface area contributed by atoms with Crippen LogP contribution < -0.4 is 22.1 Å². The van der Waals surface area contributed by atoms with Gasteiger partial charge in [0.05, 0.1) is 12.1 Å². The van der Waals surface area contributed by atoms with Crippen LogP contribution in [0.3, 0.4) is 0 Å². The van der Waals surface area contributed by atoms with Gasteiger partial charge in [-0.1, -0.05) is 6.42 Å². The van der Waals surface area contributed by atoms with Gasteiger partial charge in [-0.05, 0) is 71.1 Å². The number of hydrogen-bond acceptors (Lipinski definition) is 5. The number of carbonyl (C=O) groups is 3. The lowest BCUT2D eigenvalue weighted by Gasteiger charge is -2.32. The molecule has 2 saturated carbocycles. The summed E-state index contributed by atoms with van der Waals surface area (Å²) in [6.45, 7) is 3.42. The van der Waals surface area contributed by atoms with Gasteiger partial charge < -0.3 is 31.9 Å². The molecular formula is C21H37N5O5. The van der Waals surface area contributed by atoms with Gasteiger partial charge in [-0.25, -0.2) is 9.59 Å². The molecule has 10 nitrogen and oxygen atoms in total. The molecule has 176 valence electrons. The first-order valence-corrected chi connectivity index (χ1v) is 11.2. The fraction of sp³-hybridized carbons (Fsp3) is 0.810. The summed E-state index contributed by atoms with van der Waals surface area (Å²) in [7, 11) is 0. The maximum absolute atomic E-state index is 12.7. The standard InChI is InChI=1S/C21H37N5O5/c1-12(2)31-21(30)26-17(19(28)29)10-13-6-8-15(9-7-13)24-18(27)14-4-3-5-16(11-14)25-20(22)23/h12-17H,3-11H2,1-2H3,(H,24,27)(H,26,30)(H,28,29)(H4,22,23,25). The van der Waals surface area contributed by atoms with Crippen molar-refractivity contribution in [1.82, 2.24) is 10.6 Å². The molecule has 0 radical (unpaired) electrons. The first-order chi connectivity index (χ1) is 14.6. The van der Waals surface area contributed by atoms with Crippen molar-refractivity contribution in [1.29, 1.82) is 0 Å². The second-order valence-electron chi connectivity index (χ2n) is 9.02. The van der Waals surface area contributed by atoms with Crippen LogP contribution in [0.15, 0.2) is 4.99 Å². The van der Waals surface area contributed by atoms with E-state index >= 15 is 0 Å². The van der Waals surface area contributed by atoms with Crippen molar-refractivity contribution in [3.05, 3.63) is 0 Å². The summed E-state index contributed by atoms with van der Waals surface area (Å²) < 4.78 is 4.98. The zero-order valence-corrected chi connectivity index (χ0v) is 18.5. The molecular weight excluding hydrogens is 402 g/mol. The molecule has 3 unspecified atom stereocenters. The zero-order valence-electron chi connectivity index (χ0n) is 18.5. The number of nitrogens with one attached hydrogen (secondary N) is 2. The quantitative estimate of drug-likeness (QED) is 0.282. The van der Waals surface area contributed by atoms with Crippen molar-refractivity contribution in [3.63, 3.8) is 0 Å². The lowest BCUT2D eigenvalue weighted by atomic mass is 9.81. The highest BCUT2D eigenvalue weighted by atomic mass is 16.6. The second kappa shape index (κ2) is 11.8. The molecule has 2 fully saturated rings. The van der Waals surface area contributed by atoms with Crippen molar-refractivity contribution >= 4 is 23.9 Å². The maximum Gasteiger partial charge on any atom is 0.408 e. The normalized spacial score (nSPS) is 27.1.